The van der Waals surface area contributed by atoms with Crippen molar-refractivity contribution in [3.63, 3.8) is 0 Å². The number of amides is 2. The highest BCUT2D eigenvalue weighted by Crippen LogP contribution is 2.32. The summed E-state index contributed by atoms with van der Waals surface area (Å²) in [5.74, 6) is -0.574. The van der Waals surface area contributed by atoms with Gasteiger partial charge in [-0.1, -0.05) is 60.1 Å². The minimum atomic E-state index is -0.460. The van der Waals surface area contributed by atoms with Gasteiger partial charge in [0, 0.05) is 22.5 Å². The highest BCUT2D eigenvalue weighted by atomic mass is 35.5. The fourth-order valence-corrected chi connectivity index (χ4v) is 3.57. The average Bonchev–Trinajstić information content (AvgIpc) is 3.13. The zero-order chi connectivity index (χ0) is 21.6. The highest BCUT2D eigenvalue weighted by molar-refractivity contribution is 6.31. The first-order chi connectivity index (χ1) is 15.1. The van der Waals surface area contributed by atoms with Gasteiger partial charge in [0.1, 0.15) is 11.3 Å². The van der Waals surface area contributed by atoms with Crippen molar-refractivity contribution in [2.24, 2.45) is 0 Å². The highest BCUT2D eigenvalue weighted by Gasteiger charge is 2.22. The first-order valence-corrected chi connectivity index (χ1v) is 10.4. The molecule has 0 saturated carbocycles. The second kappa shape index (κ2) is 9.49. The molecule has 4 aromatic rings. The van der Waals surface area contributed by atoms with Gasteiger partial charge in [0.15, 0.2) is 0 Å². The molecule has 2 N–H and O–H groups in total. The van der Waals surface area contributed by atoms with Crippen LogP contribution in [0, 0.1) is 0 Å². The number of para-hydroxylation sites is 1. The lowest BCUT2D eigenvalue weighted by molar-refractivity contribution is -0.116. The molecule has 0 aliphatic heterocycles. The van der Waals surface area contributed by atoms with E-state index in [-0.39, 0.29) is 11.7 Å². The number of rotatable bonds is 7. The number of nitrogens with one attached hydrogen (secondary N) is 2. The van der Waals surface area contributed by atoms with Gasteiger partial charge < -0.3 is 15.1 Å². The van der Waals surface area contributed by atoms with E-state index in [1.807, 2.05) is 48.5 Å². The number of hydrogen-bond acceptors (Lipinski definition) is 3. The molecule has 0 radical (unpaired) electrons. The Morgan fingerprint density at radius 3 is 2.45 bits per heavy atom. The van der Waals surface area contributed by atoms with Crippen LogP contribution in [0.1, 0.15) is 29.0 Å². The topological polar surface area (TPSA) is 71.3 Å². The van der Waals surface area contributed by atoms with E-state index in [1.54, 1.807) is 30.3 Å². The van der Waals surface area contributed by atoms with Gasteiger partial charge in [0.2, 0.25) is 11.7 Å². The van der Waals surface area contributed by atoms with Gasteiger partial charge in [-0.05, 0) is 48.7 Å². The van der Waals surface area contributed by atoms with Crippen LogP contribution in [0.5, 0.6) is 0 Å². The Bertz CT molecular complexity index is 1220. The van der Waals surface area contributed by atoms with Crippen LogP contribution >= 0.6 is 11.6 Å². The first kappa shape index (κ1) is 20.7. The van der Waals surface area contributed by atoms with Crippen LogP contribution in [0.2, 0.25) is 5.02 Å². The maximum Gasteiger partial charge on any atom is 0.293 e. The molecule has 2 amide bonds. The molecule has 1 aromatic heterocycles. The molecule has 0 spiro atoms. The Morgan fingerprint density at radius 1 is 0.871 bits per heavy atom. The zero-order valence-corrected chi connectivity index (χ0v) is 17.5. The smallest absolute Gasteiger partial charge is 0.293 e. The summed E-state index contributed by atoms with van der Waals surface area (Å²) in [4.78, 5) is 25.5. The lowest BCUT2D eigenvalue weighted by atomic mass is 10.1. The van der Waals surface area contributed by atoms with Crippen LogP contribution in [0.3, 0.4) is 0 Å². The minimum Gasteiger partial charge on any atom is -0.449 e. The quantitative estimate of drug-likeness (QED) is 0.360. The average molecular weight is 433 g/mol. The van der Waals surface area contributed by atoms with Crippen molar-refractivity contribution < 1.29 is 14.0 Å². The normalized spacial score (nSPS) is 10.7. The third-order valence-corrected chi connectivity index (χ3v) is 5.10. The molecule has 0 aliphatic carbocycles. The van der Waals surface area contributed by atoms with Crippen molar-refractivity contribution in [1.82, 2.24) is 0 Å². The number of carbonyl (C=O) groups is 2. The van der Waals surface area contributed by atoms with E-state index in [0.717, 1.165) is 6.42 Å². The summed E-state index contributed by atoms with van der Waals surface area (Å²) in [6, 6.07) is 24.1. The monoisotopic (exact) mass is 432 g/mol. The fraction of sp³-hybridized carbons (Fsp3) is 0.120. The molecule has 1 heterocycles. The molecule has 31 heavy (non-hydrogen) atoms. The van der Waals surface area contributed by atoms with Crippen molar-refractivity contribution >= 4 is 45.8 Å². The van der Waals surface area contributed by atoms with Crippen molar-refractivity contribution in [2.45, 2.75) is 19.3 Å². The number of anilines is 2. The lowest BCUT2D eigenvalue weighted by Crippen LogP contribution is -2.17. The van der Waals surface area contributed by atoms with E-state index < -0.39 is 5.91 Å². The number of halogens is 1. The molecule has 0 fully saturated rings. The summed E-state index contributed by atoms with van der Waals surface area (Å²) in [6.07, 6.45) is 1.85. The van der Waals surface area contributed by atoms with Crippen molar-refractivity contribution in [2.75, 3.05) is 10.6 Å². The van der Waals surface area contributed by atoms with Crippen LogP contribution in [0.25, 0.3) is 11.0 Å². The van der Waals surface area contributed by atoms with Crippen LogP contribution in [0.15, 0.2) is 83.3 Å². The van der Waals surface area contributed by atoms with E-state index >= 15 is 0 Å². The molecule has 0 saturated heterocycles. The number of furan rings is 1. The van der Waals surface area contributed by atoms with Crippen LogP contribution in [-0.4, -0.2) is 11.8 Å². The molecule has 5 nitrogen and oxygen atoms in total. The Kier molecular flexibility index (Phi) is 6.34. The van der Waals surface area contributed by atoms with Gasteiger partial charge in [0.25, 0.3) is 5.91 Å². The van der Waals surface area contributed by atoms with Crippen molar-refractivity contribution in [3.05, 3.63) is 95.2 Å². The van der Waals surface area contributed by atoms with E-state index in [9.17, 15) is 9.59 Å². The van der Waals surface area contributed by atoms with Crippen molar-refractivity contribution in [3.8, 4) is 0 Å². The van der Waals surface area contributed by atoms with Gasteiger partial charge in [-0.3, -0.25) is 9.59 Å². The van der Waals surface area contributed by atoms with Crippen LogP contribution in [-0.2, 0) is 11.2 Å². The lowest BCUT2D eigenvalue weighted by Gasteiger charge is -2.08. The maximum absolute atomic E-state index is 12.9. The van der Waals surface area contributed by atoms with E-state index in [0.29, 0.717) is 40.2 Å². The Morgan fingerprint density at radius 2 is 1.65 bits per heavy atom. The van der Waals surface area contributed by atoms with E-state index in [1.165, 1.54) is 5.56 Å². The molecule has 0 atom stereocenters. The van der Waals surface area contributed by atoms with Crippen LogP contribution < -0.4 is 10.6 Å². The van der Waals surface area contributed by atoms with Gasteiger partial charge in [0.05, 0.1) is 0 Å². The predicted molar refractivity (Wildman–Crippen MR) is 124 cm³/mol. The molecule has 3 aromatic carbocycles. The van der Waals surface area contributed by atoms with Gasteiger partial charge in [-0.15, -0.1) is 0 Å². The molecular weight excluding hydrogens is 412 g/mol. The van der Waals surface area contributed by atoms with Crippen LogP contribution in [0.4, 0.5) is 11.4 Å². The third-order valence-electron chi connectivity index (χ3n) is 4.86. The molecule has 4 rings (SSSR count). The second-order valence-electron chi connectivity index (χ2n) is 7.15. The maximum atomic E-state index is 12.9. The molecule has 6 heteroatoms. The van der Waals surface area contributed by atoms with Gasteiger partial charge in [-0.25, -0.2) is 0 Å². The summed E-state index contributed by atoms with van der Waals surface area (Å²) in [7, 11) is 0. The van der Waals surface area contributed by atoms with E-state index in [2.05, 4.69) is 10.6 Å². The molecule has 0 unspecified atom stereocenters. The number of fused-ring (bicyclic) bond motifs is 1. The Labute approximate surface area is 185 Å². The Balaban J connectivity index is 1.50. The summed E-state index contributed by atoms with van der Waals surface area (Å²) in [6.45, 7) is 0. The summed E-state index contributed by atoms with van der Waals surface area (Å²) >= 11 is 6.00. The zero-order valence-electron chi connectivity index (χ0n) is 16.7. The van der Waals surface area contributed by atoms with Crippen molar-refractivity contribution in [1.29, 1.82) is 0 Å². The molecule has 0 aliphatic rings. The molecular formula is C25H21ClN2O3. The number of hydrogen-bond donors (Lipinski definition) is 2. The summed E-state index contributed by atoms with van der Waals surface area (Å²) < 4.78 is 5.78. The summed E-state index contributed by atoms with van der Waals surface area (Å²) in [5.41, 5.74) is 2.63. The number of aryl methyl sites for hydroxylation is 1. The summed E-state index contributed by atoms with van der Waals surface area (Å²) in [5, 5.41) is 6.83. The molecule has 156 valence electrons. The van der Waals surface area contributed by atoms with Gasteiger partial charge in [-0.2, -0.15) is 0 Å². The Hall–Kier alpha value is -3.57. The number of benzene rings is 3. The third kappa shape index (κ3) is 5.13. The number of carbonyl (C=O) groups excluding carboxylic acids is 2. The minimum absolute atomic E-state index is 0.0533. The molecule has 0 bridgehead atoms. The fourth-order valence-electron chi connectivity index (χ4n) is 3.38. The second-order valence-corrected chi connectivity index (χ2v) is 7.59. The first-order valence-electron chi connectivity index (χ1n) is 10.0. The SMILES string of the molecule is O=C(CCCc1ccccc1)Nc1c(C(=O)Nc2cccc(Cl)c2)oc2ccccc12. The largest absolute Gasteiger partial charge is 0.449 e. The van der Waals surface area contributed by atoms with Gasteiger partial charge >= 0.3 is 0 Å². The predicted octanol–water partition coefficient (Wildman–Crippen LogP) is 6.30. The standard InChI is InChI=1S/C25H21ClN2O3/c26-18-11-7-12-19(16-18)27-25(30)24-23(20-13-4-5-14-21(20)31-24)28-22(29)15-6-10-17-8-2-1-3-9-17/h1-5,7-9,11-14,16H,6,10,15H2,(H,27,30)(H,28,29). The van der Waals surface area contributed by atoms with E-state index in [4.69, 9.17) is 16.0 Å².